The molecule has 0 spiro atoms. The van der Waals surface area contributed by atoms with E-state index in [2.05, 4.69) is 29.8 Å². The Morgan fingerprint density at radius 2 is 2.17 bits per heavy atom. The molecule has 3 unspecified atom stereocenters. The first-order valence-electron chi connectivity index (χ1n) is 6.63. The van der Waals surface area contributed by atoms with Crippen molar-refractivity contribution in [2.45, 2.75) is 45.1 Å². The fourth-order valence-electron chi connectivity index (χ4n) is 3.01. The van der Waals surface area contributed by atoms with Gasteiger partial charge in [-0.05, 0) is 61.3 Å². The highest BCUT2D eigenvalue weighted by Gasteiger charge is 2.37. The van der Waals surface area contributed by atoms with Crippen LogP contribution in [0.2, 0.25) is 0 Å². The molecule has 18 heavy (non-hydrogen) atoms. The minimum atomic E-state index is -0.256. The van der Waals surface area contributed by atoms with Gasteiger partial charge in [-0.2, -0.15) is 0 Å². The molecule has 3 atom stereocenters. The summed E-state index contributed by atoms with van der Waals surface area (Å²) in [5, 5.41) is 0. The molecular weight excluding hydrogens is 293 g/mol. The summed E-state index contributed by atoms with van der Waals surface area (Å²) in [6, 6.07) is 5.10. The van der Waals surface area contributed by atoms with Crippen molar-refractivity contribution < 1.29 is 4.39 Å². The first kappa shape index (κ1) is 14.0. The predicted octanol–water partition coefficient (Wildman–Crippen LogP) is 4.28. The Morgan fingerprint density at radius 3 is 2.83 bits per heavy atom. The van der Waals surface area contributed by atoms with Crippen molar-refractivity contribution in [2.75, 3.05) is 0 Å². The monoisotopic (exact) mass is 313 g/mol. The maximum atomic E-state index is 13.8. The summed E-state index contributed by atoms with van der Waals surface area (Å²) in [7, 11) is 0. The molecule has 0 heterocycles. The summed E-state index contributed by atoms with van der Waals surface area (Å²) in [4.78, 5) is 0. The molecule has 0 aliphatic heterocycles. The zero-order valence-corrected chi connectivity index (χ0v) is 12.6. The Morgan fingerprint density at radius 1 is 1.44 bits per heavy atom. The molecule has 1 nitrogen and oxygen atoms in total. The lowest BCUT2D eigenvalue weighted by Crippen LogP contribution is -2.51. The molecule has 2 rings (SSSR count). The van der Waals surface area contributed by atoms with Crippen molar-refractivity contribution in [2.24, 2.45) is 17.6 Å². The molecule has 1 fully saturated rings. The second-order valence-electron chi connectivity index (χ2n) is 5.93. The molecule has 1 saturated carbocycles. The van der Waals surface area contributed by atoms with Crippen molar-refractivity contribution in [1.29, 1.82) is 0 Å². The van der Waals surface area contributed by atoms with E-state index in [0.717, 1.165) is 35.2 Å². The highest BCUT2D eigenvalue weighted by atomic mass is 79.9. The van der Waals surface area contributed by atoms with Gasteiger partial charge in [0.2, 0.25) is 0 Å². The van der Waals surface area contributed by atoms with Crippen LogP contribution in [-0.2, 0) is 6.42 Å². The SMILES string of the molecule is CC1CCC(N)(Cc2cc(Br)ccc2F)C(C)C1. The summed E-state index contributed by atoms with van der Waals surface area (Å²) in [5.74, 6) is 1.04. The fraction of sp³-hybridized carbons (Fsp3) is 0.600. The van der Waals surface area contributed by atoms with E-state index < -0.39 is 0 Å². The minimum absolute atomic E-state index is 0.145. The molecule has 1 aliphatic rings. The fourth-order valence-corrected chi connectivity index (χ4v) is 3.42. The van der Waals surface area contributed by atoms with E-state index in [-0.39, 0.29) is 11.4 Å². The summed E-state index contributed by atoms with van der Waals surface area (Å²) < 4.78 is 14.7. The van der Waals surface area contributed by atoms with E-state index in [9.17, 15) is 4.39 Å². The third-order valence-electron chi connectivity index (χ3n) is 4.37. The summed E-state index contributed by atoms with van der Waals surface area (Å²) >= 11 is 3.40. The number of benzene rings is 1. The lowest BCUT2D eigenvalue weighted by molar-refractivity contribution is 0.162. The standard InChI is InChI=1S/C15H21BrFN/c1-10-5-6-15(18,11(2)7-10)9-12-8-13(16)3-4-14(12)17/h3-4,8,10-11H,5-7,9,18H2,1-2H3. The average Bonchev–Trinajstić information content (AvgIpc) is 2.30. The van der Waals surface area contributed by atoms with Crippen molar-refractivity contribution >= 4 is 15.9 Å². The maximum absolute atomic E-state index is 13.8. The van der Waals surface area contributed by atoms with Crippen molar-refractivity contribution in [3.63, 3.8) is 0 Å². The molecule has 0 radical (unpaired) electrons. The van der Waals surface area contributed by atoms with Crippen molar-refractivity contribution in [3.8, 4) is 0 Å². The third-order valence-corrected chi connectivity index (χ3v) is 4.86. The van der Waals surface area contributed by atoms with Crippen molar-refractivity contribution in [1.82, 2.24) is 0 Å². The van der Waals surface area contributed by atoms with Crippen LogP contribution < -0.4 is 5.73 Å². The molecule has 1 aromatic carbocycles. The van der Waals surface area contributed by atoms with Crippen LogP contribution in [0, 0.1) is 17.7 Å². The van der Waals surface area contributed by atoms with Crippen LogP contribution in [0.25, 0.3) is 0 Å². The van der Waals surface area contributed by atoms with Gasteiger partial charge in [-0.1, -0.05) is 29.8 Å². The number of nitrogens with two attached hydrogens (primary N) is 1. The Bertz CT molecular complexity index is 435. The van der Waals surface area contributed by atoms with Gasteiger partial charge in [-0.15, -0.1) is 0 Å². The Balaban J connectivity index is 2.19. The van der Waals surface area contributed by atoms with Crippen LogP contribution in [0.3, 0.4) is 0 Å². The lowest BCUT2D eigenvalue weighted by atomic mass is 9.68. The summed E-state index contributed by atoms with van der Waals surface area (Å²) in [6.45, 7) is 4.47. The smallest absolute Gasteiger partial charge is 0.126 e. The molecule has 100 valence electrons. The second kappa shape index (κ2) is 5.30. The van der Waals surface area contributed by atoms with Gasteiger partial charge in [0.15, 0.2) is 0 Å². The third kappa shape index (κ3) is 2.94. The molecule has 3 heteroatoms. The van der Waals surface area contributed by atoms with Gasteiger partial charge < -0.3 is 5.73 Å². The number of hydrogen-bond donors (Lipinski definition) is 1. The highest BCUT2D eigenvalue weighted by molar-refractivity contribution is 9.10. The van der Waals surface area contributed by atoms with E-state index in [4.69, 9.17) is 5.73 Å². The number of hydrogen-bond acceptors (Lipinski definition) is 1. The normalized spacial score (nSPS) is 32.5. The van der Waals surface area contributed by atoms with Gasteiger partial charge in [-0.3, -0.25) is 0 Å². The van der Waals surface area contributed by atoms with Crippen LogP contribution in [0.15, 0.2) is 22.7 Å². The van der Waals surface area contributed by atoms with Crippen LogP contribution in [0.1, 0.15) is 38.7 Å². The van der Waals surface area contributed by atoms with Gasteiger partial charge in [0.1, 0.15) is 5.82 Å². The van der Waals surface area contributed by atoms with Crippen molar-refractivity contribution in [3.05, 3.63) is 34.1 Å². The predicted molar refractivity (Wildman–Crippen MR) is 76.9 cm³/mol. The van der Waals surface area contributed by atoms with Crippen LogP contribution in [-0.4, -0.2) is 5.54 Å². The number of halogens is 2. The van der Waals surface area contributed by atoms with Gasteiger partial charge in [-0.25, -0.2) is 4.39 Å². The van der Waals surface area contributed by atoms with Gasteiger partial charge >= 0.3 is 0 Å². The summed E-state index contributed by atoms with van der Waals surface area (Å²) in [5.41, 5.74) is 7.01. The largest absolute Gasteiger partial charge is 0.325 e. The Kier molecular flexibility index (Phi) is 4.12. The average molecular weight is 314 g/mol. The summed E-state index contributed by atoms with van der Waals surface area (Å²) in [6.07, 6.45) is 3.91. The van der Waals surface area contributed by atoms with Crippen LogP contribution in [0.5, 0.6) is 0 Å². The molecule has 0 saturated heterocycles. The molecular formula is C15H21BrFN. The van der Waals surface area contributed by atoms with E-state index in [1.807, 2.05) is 6.07 Å². The maximum Gasteiger partial charge on any atom is 0.126 e. The first-order chi connectivity index (χ1) is 8.40. The van der Waals surface area contributed by atoms with Crippen LogP contribution in [0.4, 0.5) is 4.39 Å². The minimum Gasteiger partial charge on any atom is -0.325 e. The second-order valence-corrected chi connectivity index (χ2v) is 6.84. The Hall–Kier alpha value is -0.410. The van der Waals surface area contributed by atoms with E-state index in [1.165, 1.54) is 6.07 Å². The van der Waals surface area contributed by atoms with Crippen LogP contribution >= 0.6 is 15.9 Å². The number of rotatable bonds is 2. The van der Waals surface area contributed by atoms with E-state index >= 15 is 0 Å². The van der Waals surface area contributed by atoms with Gasteiger partial charge in [0.25, 0.3) is 0 Å². The molecule has 1 aromatic rings. The molecule has 0 bridgehead atoms. The Labute approximate surface area is 117 Å². The molecule has 0 amide bonds. The molecule has 0 aromatic heterocycles. The van der Waals surface area contributed by atoms with Gasteiger partial charge in [0, 0.05) is 10.0 Å². The van der Waals surface area contributed by atoms with E-state index in [0.29, 0.717) is 12.3 Å². The zero-order chi connectivity index (χ0) is 13.3. The molecule has 1 aliphatic carbocycles. The first-order valence-corrected chi connectivity index (χ1v) is 7.43. The topological polar surface area (TPSA) is 26.0 Å². The zero-order valence-electron chi connectivity index (χ0n) is 11.0. The van der Waals surface area contributed by atoms with E-state index in [1.54, 1.807) is 6.07 Å². The lowest BCUT2D eigenvalue weighted by Gasteiger charge is -2.42. The molecule has 2 N–H and O–H groups in total. The highest BCUT2D eigenvalue weighted by Crippen LogP contribution is 2.37. The van der Waals surface area contributed by atoms with Gasteiger partial charge in [0.05, 0.1) is 0 Å². The quantitative estimate of drug-likeness (QED) is 0.866.